The fraction of sp³-hybridized carbons (Fsp3) is 0.611. The average Bonchev–Trinajstić information content (AvgIpc) is 3.00. The van der Waals surface area contributed by atoms with Gasteiger partial charge in [-0.25, -0.2) is 9.07 Å². The maximum Gasteiger partial charge on any atom is 0.150 e. The summed E-state index contributed by atoms with van der Waals surface area (Å²) in [5, 5.41) is 22.0. The predicted octanol–water partition coefficient (Wildman–Crippen LogP) is 4.12. The summed E-state index contributed by atoms with van der Waals surface area (Å²) in [5.41, 5.74) is 1.35. The highest BCUT2D eigenvalue weighted by Crippen LogP contribution is 2.37. The van der Waals surface area contributed by atoms with E-state index >= 15 is 0 Å². The fourth-order valence-electron chi connectivity index (χ4n) is 3.07. The minimum Gasteiger partial charge on any atom is -0.397 e. The van der Waals surface area contributed by atoms with Crippen LogP contribution in [0.25, 0.3) is 10.9 Å². The molecule has 0 amide bonds. The standard InChI is InChI=1S/C16H20BrFN2O2.C2H6O/c1-10(5-6-21)15-12(18)8-13-11(16(15)17)9-19-20(13)14-4-2-3-7-22-14;1-2-3/h8-10,14,21H,2-7H2,1H3;3H,2H2,1H3. The summed E-state index contributed by atoms with van der Waals surface area (Å²) in [7, 11) is 0. The van der Waals surface area contributed by atoms with Gasteiger partial charge in [-0.2, -0.15) is 5.10 Å². The molecule has 0 spiro atoms. The van der Waals surface area contributed by atoms with E-state index in [0.29, 0.717) is 12.0 Å². The normalized spacial score (nSPS) is 18.7. The van der Waals surface area contributed by atoms with Crippen molar-refractivity contribution in [3.63, 3.8) is 0 Å². The predicted molar refractivity (Wildman–Crippen MR) is 99.1 cm³/mol. The number of ether oxygens (including phenoxy) is 1. The molecule has 1 aliphatic heterocycles. The SMILES string of the molecule is CC(CCO)c1c(F)cc2c(cnn2C2CCCCO2)c1Br.CCO. The van der Waals surface area contributed by atoms with E-state index in [4.69, 9.17) is 14.9 Å². The average molecular weight is 417 g/mol. The number of hydrogen-bond donors (Lipinski definition) is 2. The third-order valence-electron chi connectivity index (χ3n) is 4.31. The minimum atomic E-state index is -0.266. The summed E-state index contributed by atoms with van der Waals surface area (Å²) in [6.45, 7) is 4.61. The van der Waals surface area contributed by atoms with Crippen LogP contribution in [-0.2, 0) is 4.74 Å². The van der Waals surface area contributed by atoms with E-state index in [9.17, 15) is 4.39 Å². The molecule has 1 aromatic heterocycles. The number of rotatable bonds is 4. The van der Waals surface area contributed by atoms with Crippen molar-refractivity contribution >= 4 is 26.8 Å². The highest BCUT2D eigenvalue weighted by molar-refractivity contribution is 9.10. The first kappa shape index (κ1) is 20.3. The third-order valence-corrected chi connectivity index (χ3v) is 5.17. The molecule has 0 saturated carbocycles. The molecule has 1 aliphatic rings. The largest absolute Gasteiger partial charge is 0.397 e. The molecular weight excluding hydrogens is 391 g/mol. The lowest BCUT2D eigenvalue weighted by molar-refractivity contribution is -0.0366. The van der Waals surface area contributed by atoms with E-state index in [0.717, 1.165) is 41.2 Å². The first-order valence-corrected chi connectivity index (χ1v) is 9.52. The van der Waals surface area contributed by atoms with Gasteiger partial charge in [0, 0.05) is 41.3 Å². The number of hydrogen-bond acceptors (Lipinski definition) is 4. The van der Waals surface area contributed by atoms with Gasteiger partial charge in [0.15, 0.2) is 6.23 Å². The lowest BCUT2D eigenvalue weighted by atomic mass is 9.96. The minimum absolute atomic E-state index is 0.0419. The number of fused-ring (bicyclic) bond motifs is 1. The van der Waals surface area contributed by atoms with E-state index in [1.165, 1.54) is 6.07 Å². The van der Waals surface area contributed by atoms with E-state index < -0.39 is 0 Å². The lowest BCUT2D eigenvalue weighted by Crippen LogP contribution is -2.19. The Morgan fingerprint density at radius 1 is 1.44 bits per heavy atom. The molecular formula is C18H26BrFN2O3. The van der Waals surface area contributed by atoms with Gasteiger partial charge in [-0.15, -0.1) is 0 Å². The molecule has 2 N–H and O–H groups in total. The molecule has 140 valence electrons. The first-order chi connectivity index (χ1) is 12.0. The van der Waals surface area contributed by atoms with Crippen LogP contribution in [0.5, 0.6) is 0 Å². The maximum absolute atomic E-state index is 14.6. The van der Waals surface area contributed by atoms with Crippen LogP contribution in [0.3, 0.4) is 0 Å². The van der Waals surface area contributed by atoms with Crippen molar-refractivity contribution in [3.8, 4) is 0 Å². The van der Waals surface area contributed by atoms with Crippen LogP contribution in [0.1, 0.15) is 57.2 Å². The monoisotopic (exact) mass is 416 g/mol. The second-order valence-electron chi connectivity index (χ2n) is 6.16. The molecule has 2 atom stereocenters. The van der Waals surface area contributed by atoms with Crippen molar-refractivity contribution in [1.82, 2.24) is 9.78 Å². The molecule has 0 radical (unpaired) electrons. The van der Waals surface area contributed by atoms with Crippen molar-refractivity contribution in [2.75, 3.05) is 19.8 Å². The van der Waals surface area contributed by atoms with E-state index in [1.807, 2.05) is 6.92 Å². The van der Waals surface area contributed by atoms with Gasteiger partial charge in [0.05, 0.1) is 11.7 Å². The number of aliphatic hydroxyl groups excluding tert-OH is 2. The fourth-order valence-corrected chi connectivity index (χ4v) is 3.95. The first-order valence-electron chi connectivity index (χ1n) is 8.73. The Morgan fingerprint density at radius 3 is 2.76 bits per heavy atom. The van der Waals surface area contributed by atoms with Gasteiger partial charge in [0.1, 0.15) is 5.82 Å². The summed E-state index contributed by atoms with van der Waals surface area (Å²) in [6, 6.07) is 1.54. The number of nitrogens with zero attached hydrogens (tertiary/aromatic N) is 2. The Morgan fingerprint density at radius 2 is 2.16 bits per heavy atom. The topological polar surface area (TPSA) is 67.5 Å². The van der Waals surface area contributed by atoms with Gasteiger partial charge in [-0.05, 0) is 54.5 Å². The second kappa shape index (κ2) is 9.62. The van der Waals surface area contributed by atoms with Crippen molar-refractivity contribution in [3.05, 3.63) is 28.1 Å². The van der Waals surface area contributed by atoms with Crippen molar-refractivity contribution in [2.24, 2.45) is 0 Å². The summed E-state index contributed by atoms with van der Waals surface area (Å²) in [5.74, 6) is -0.323. The number of benzene rings is 1. The van der Waals surface area contributed by atoms with Gasteiger partial charge in [0.25, 0.3) is 0 Å². The van der Waals surface area contributed by atoms with Crippen LogP contribution in [-0.4, -0.2) is 39.8 Å². The Labute approximate surface area is 155 Å². The van der Waals surface area contributed by atoms with Gasteiger partial charge >= 0.3 is 0 Å². The van der Waals surface area contributed by atoms with E-state index in [2.05, 4.69) is 21.0 Å². The molecule has 3 rings (SSSR count). The van der Waals surface area contributed by atoms with E-state index in [-0.39, 0.29) is 31.2 Å². The summed E-state index contributed by atoms with van der Waals surface area (Å²) in [4.78, 5) is 0. The molecule has 2 heterocycles. The maximum atomic E-state index is 14.6. The van der Waals surface area contributed by atoms with Crippen LogP contribution in [0.15, 0.2) is 16.7 Å². The van der Waals surface area contributed by atoms with Gasteiger partial charge in [0.2, 0.25) is 0 Å². The third kappa shape index (κ3) is 4.58. The second-order valence-corrected chi connectivity index (χ2v) is 6.95. The van der Waals surface area contributed by atoms with Crippen molar-refractivity contribution in [2.45, 2.75) is 51.7 Å². The van der Waals surface area contributed by atoms with Crippen LogP contribution < -0.4 is 0 Å². The molecule has 2 unspecified atom stereocenters. The van der Waals surface area contributed by atoms with E-state index in [1.54, 1.807) is 17.8 Å². The van der Waals surface area contributed by atoms with Crippen LogP contribution >= 0.6 is 15.9 Å². The van der Waals surface area contributed by atoms with Crippen molar-refractivity contribution in [1.29, 1.82) is 0 Å². The van der Waals surface area contributed by atoms with Crippen molar-refractivity contribution < 1.29 is 19.3 Å². The van der Waals surface area contributed by atoms with Crippen LogP contribution in [0.4, 0.5) is 4.39 Å². The molecule has 0 bridgehead atoms. The zero-order valence-corrected chi connectivity index (χ0v) is 16.3. The summed E-state index contributed by atoms with van der Waals surface area (Å²) >= 11 is 3.52. The van der Waals surface area contributed by atoms with Gasteiger partial charge in [-0.3, -0.25) is 0 Å². The highest BCUT2D eigenvalue weighted by Gasteiger charge is 2.23. The molecule has 1 saturated heterocycles. The Balaban J connectivity index is 0.000000701. The molecule has 0 aliphatic carbocycles. The van der Waals surface area contributed by atoms with Gasteiger partial charge in [-0.1, -0.05) is 6.92 Å². The quantitative estimate of drug-likeness (QED) is 0.786. The van der Waals surface area contributed by atoms with Crippen LogP contribution in [0, 0.1) is 5.82 Å². The number of aliphatic hydroxyl groups is 2. The molecule has 25 heavy (non-hydrogen) atoms. The molecule has 2 aromatic rings. The zero-order valence-electron chi connectivity index (χ0n) is 14.7. The summed E-state index contributed by atoms with van der Waals surface area (Å²) in [6.07, 6.45) is 5.24. The number of aromatic nitrogens is 2. The lowest BCUT2D eigenvalue weighted by Gasteiger charge is -2.23. The Bertz CT molecular complexity index is 687. The van der Waals surface area contributed by atoms with Gasteiger partial charge < -0.3 is 14.9 Å². The molecule has 1 fully saturated rings. The summed E-state index contributed by atoms with van der Waals surface area (Å²) < 4.78 is 22.8. The Kier molecular flexibility index (Phi) is 7.81. The van der Waals surface area contributed by atoms with Crippen LogP contribution in [0.2, 0.25) is 0 Å². The highest BCUT2D eigenvalue weighted by atomic mass is 79.9. The number of halogens is 2. The Hall–Kier alpha value is -1.02. The molecule has 7 heteroatoms. The molecule has 1 aromatic carbocycles. The zero-order chi connectivity index (χ0) is 18.4. The smallest absolute Gasteiger partial charge is 0.150 e. The molecule has 5 nitrogen and oxygen atoms in total.